The molecule has 0 aliphatic rings. The number of nitrogens with two attached hydrogens (primary N) is 2. The number of nitrogens with one attached hydrogen (secondary N) is 3. The molecule has 13 nitrogen and oxygen atoms in total. The van der Waals surface area contributed by atoms with Crippen molar-refractivity contribution in [3.63, 3.8) is 0 Å². The summed E-state index contributed by atoms with van der Waals surface area (Å²) in [5.41, 5.74) is 11.2. The topological polar surface area (TPSA) is 234 Å². The van der Waals surface area contributed by atoms with Crippen molar-refractivity contribution in [3.05, 3.63) is 0 Å². The van der Waals surface area contributed by atoms with Crippen molar-refractivity contribution in [1.82, 2.24) is 16.0 Å². The van der Waals surface area contributed by atoms with Crippen LogP contribution in [0.25, 0.3) is 0 Å². The number of hydrogen-bond donors (Lipinski definition) is 8. The Morgan fingerprint density at radius 2 is 1.36 bits per heavy atom. The van der Waals surface area contributed by atoms with E-state index in [1.807, 2.05) is 13.8 Å². The van der Waals surface area contributed by atoms with Crippen LogP contribution in [0.1, 0.15) is 52.4 Å². The summed E-state index contributed by atoms with van der Waals surface area (Å²) in [5, 5.41) is 34.6. The monoisotopic (exact) mass is 475 g/mol. The van der Waals surface area contributed by atoms with E-state index in [2.05, 4.69) is 16.0 Å². The van der Waals surface area contributed by atoms with E-state index < -0.39 is 66.9 Å². The molecule has 0 aromatic carbocycles. The Kier molecular flexibility index (Phi) is 14.6. The van der Waals surface area contributed by atoms with Gasteiger partial charge in [0, 0.05) is 6.42 Å². The van der Waals surface area contributed by atoms with Crippen LogP contribution in [0, 0.1) is 5.92 Å². The predicted octanol–water partition coefficient (Wildman–Crippen LogP) is -2.12. The zero-order valence-corrected chi connectivity index (χ0v) is 19.1. The Morgan fingerprint density at radius 1 is 0.818 bits per heavy atom. The Labute approximate surface area is 192 Å². The maximum atomic E-state index is 12.7. The lowest BCUT2D eigenvalue weighted by molar-refractivity contribution is -0.142. The predicted molar refractivity (Wildman–Crippen MR) is 118 cm³/mol. The molecule has 0 aliphatic carbocycles. The van der Waals surface area contributed by atoms with Crippen molar-refractivity contribution in [2.24, 2.45) is 17.4 Å². The van der Waals surface area contributed by atoms with Crippen LogP contribution in [-0.2, 0) is 24.0 Å². The largest absolute Gasteiger partial charge is 0.481 e. The fourth-order valence-corrected chi connectivity index (χ4v) is 2.92. The lowest BCUT2D eigenvalue weighted by Crippen LogP contribution is -2.58. The van der Waals surface area contributed by atoms with Crippen molar-refractivity contribution < 1.29 is 39.3 Å². The highest BCUT2D eigenvalue weighted by Crippen LogP contribution is 2.06. The normalized spacial score (nSPS) is 14.6. The van der Waals surface area contributed by atoms with Gasteiger partial charge >= 0.3 is 11.9 Å². The minimum absolute atomic E-state index is 0.103. The van der Waals surface area contributed by atoms with Crippen LogP contribution < -0.4 is 27.4 Å². The van der Waals surface area contributed by atoms with Crippen LogP contribution in [0.5, 0.6) is 0 Å². The molecule has 13 heteroatoms. The van der Waals surface area contributed by atoms with Gasteiger partial charge in [0.25, 0.3) is 0 Å². The summed E-state index contributed by atoms with van der Waals surface area (Å²) in [6.45, 7) is 3.22. The highest BCUT2D eigenvalue weighted by Gasteiger charge is 2.30. The van der Waals surface area contributed by atoms with E-state index >= 15 is 0 Å². The Morgan fingerprint density at radius 3 is 1.85 bits per heavy atom. The number of carboxylic acids is 2. The maximum absolute atomic E-state index is 12.7. The highest BCUT2D eigenvalue weighted by atomic mass is 16.4. The molecule has 0 aromatic heterocycles. The van der Waals surface area contributed by atoms with Crippen LogP contribution in [0.4, 0.5) is 0 Å². The summed E-state index contributed by atoms with van der Waals surface area (Å²) in [5.74, 6) is -4.89. The molecule has 4 atom stereocenters. The lowest BCUT2D eigenvalue weighted by atomic mass is 10.0. The van der Waals surface area contributed by atoms with E-state index in [0.29, 0.717) is 25.8 Å². The molecular formula is C20H37N5O8. The van der Waals surface area contributed by atoms with Crippen LogP contribution in [0.15, 0.2) is 0 Å². The van der Waals surface area contributed by atoms with Gasteiger partial charge in [0.2, 0.25) is 17.7 Å². The molecule has 0 rings (SSSR count). The summed E-state index contributed by atoms with van der Waals surface area (Å²) in [6.07, 6.45) is 0.721. The van der Waals surface area contributed by atoms with Crippen molar-refractivity contribution >= 4 is 29.7 Å². The molecule has 0 fully saturated rings. The maximum Gasteiger partial charge on any atom is 0.326 e. The van der Waals surface area contributed by atoms with Gasteiger partial charge in [-0.3, -0.25) is 19.2 Å². The van der Waals surface area contributed by atoms with Gasteiger partial charge in [-0.2, -0.15) is 0 Å². The summed E-state index contributed by atoms with van der Waals surface area (Å²) in [6, 6.07) is -5.01. The fraction of sp³-hybridized carbons (Fsp3) is 0.750. The number of hydrogen-bond acceptors (Lipinski definition) is 8. The number of carboxylic acid groups (broad SMARTS) is 2. The molecule has 190 valence electrons. The van der Waals surface area contributed by atoms with Gasteiger partial charge in [-0.25, -0.2) is 4.79 Å². The average Bonchev–Trinajstić information content (AvgIpc) is 2.72. The molecule has 0 saturated heterocycles. The average molecular weight is 476 g/mol. The molecular weight excluding hydrogens is 438 g/mol. The molecule has 0 aromatic rings. The second-order valence-electron chi connectivity index (χ2n) is 8.16. The second-order valence-corrected chi connectivity index (χ2v) is 8.16. The van der Waals surface area contributed by atoms with E-state index in [1.54, 1.807) is 0 Å². The van der Waals surface area contributed by atoms with Gasteiger partial charge in [-0.15, -0.1) is 0 Å². The van der Waals surface area contributed by atoms with E-state index in [1.165, 1.54) is 0 Å². The van der Waals surface area contributed by atoms with Gasteiger partial charge in [-0.05, 0) is 44.6 Å². The molecule has 4 unspecified atom stereocenters. The van der Waals surface area contributed by atoms with Crippen LogP contribution in [0.3, 0.4) is 0 Å². The first-order valence-electron chi connectivity index (χ1n) is 10.8. The summed E-state index contributed by atoms with van der Waals surface area (Å²) >= 11 is 0. The van der Waals surface area contributed by atoms with Gasteiger partial charge in [0.15, 0.2) is 0 Å². The number of unbranched alkanes of at least 4 members (excludes halogenated alkanes) is 1. The molecule has 0 radical (unpaired) electrons. The van der Waals surface area contributed by atoms with Gasteiger partial charge < -0.3 is 42.7 Å². The van der Waals surface area contributed by atoms with Crippen LogP contribution in [0.2, 0.25) is 0 Å². The quantitative estimate of drug-likeness (QED) is 0.106. The molecule has 0 aliphatic heterocycles. The number of carbonyl (C=O) groups is 5. The SMILES string of the molecule is CC(C)CC(N)C(=O)NC(CCC(=O)O)C(=O)NC(CO)C(=O)NC(CCCCN)C(=O)O. The van der Waals surface area contributed by atoms with Gasteiger partial charge in [0.1, 0.15) is 18.1 Å². The number of carbonyl (C=O) groups excluding carboxylic acids is 3. The first-order valence-corrected chi connectivity index (χ1v) is 10.8. The van der Waals surface area contributed by atoms with Crippen molar-refractivity contribution in [2.45, 2.75) is 76.5 Å². The summed E-state index contributed by atoms with van der Waals surface area (Å²) in [7, 11) is 0. The second kappa shape index (κ2) is 15.9. The first kappa shape index (κ1) is 30.2. The van der Waals surface area contributed by atoms with Gasteiger partial charge in [0.05, 0.1) is 12.6 Å². The number of aliphatic carboxylic acids is 2. The van der Waals surface area contributed by atoms with E-state index in [0.717, 1.165) is 0 Å². The third-order valence-corrected chi connectivity index (χ3v) is 4.72. The molecule has 0 saturated carbocycles. The Hall–Kier alpha value is -2.77. The number of aliphatic hydroxyl groups excluding tert-OH is 1. The standard InChI is InChI=1S/C20H37N5O8/c1-11(2)9-12(22)17(29)23-13(6-7-16(27)28)18(30)25-15(10-26)19(31)24-14(20(32)33)5-3-4-8-21/h11-15,26H,3-10,21-22H2,1-2H3,(H,23,29)(H,24,31)(H,25,30)(H,27,28)(H,32,33). The third kappa shape index (κ3) is 12.7. The van der Waals surface area contributed by atoms with Crippen molar-refractivity contribution in [3.8, 4) is 0 Å². The number of aliphatic hydroxyl groups is 1. The molecule has 33 heavy (non-hydrogen) atoms. The summed E-state index contributed by atoms with van der Waals surface area (Å²) in [4.78, 5) is 59.7. The van der Waals surface area contributed by atoms with Crippen molar-refractivity contribution in [2.75, 3.05) is 13.2 Å². The molecule has 10 N–H and O–H groups in total. The van der Waals surface area contributed by atoms with Crippen molar-refractivity contribution in [1.29, 1.82) is 0 Å². The Balaban J connectivity index is 5.24. The van der Waals surface area contributed by atoms with Gasteiger partial charge in [-0.1, -0.05) is 13.8 Å². The Bertz CT molecular complexity index is 673. The zero-order valence-electron chi connectivity index (χ0n) is 19.1. The van der Waals surface area contributed by atoms with Crippen LogP contribution >= 0.6 is 0 Å². The zero-order chi connectivity index (χ0) is 25.6. The molecule has 0 heterocycles. The highest BCUT2D eigenvalue weighted by molar-refractivity contribution is 5.94. The molecule has 3 amide bonds. The van der Waals surface area contributed by atoms with E-state index in [9.17, 15) is 34.2 Å². The third-order valence-electron chi connectivity index (χ3n) is 4.72. The number of amides is 3. The summed E-state index contributed by atoms with van der Waals surface area (Å²) < 4.78 is 0. The lowest BCUT2D eigenvalue weighted by Gasteiger charge is -2.24. The minimum atomic E-state index is -1.51. The van der Waals surface area contributed by atoms with Crippen LogP contribution in [-0.4, -0.2) is 82.3 Å². The van der Waals surface area contributed by atoms with E-state index in [-0.39, 0.29) is 18.8 Å². The number of rotatable bonds is 17. The van der Waals surface area contributed by atoms with E-state index in [4.69, 9.17) is 16.6 Å². The molecule has 0 bridgehead atoms. The fourth-order valence-electron chi connectivity index (χ4n) is 2.92. The molecule has 0 spiro atoms. The minimum Gasteiger partial charge on any atom is -0.481 e. The first-order chi connectivity index (χ1) is 15.4. The smallest absolute Gasteiger partial charge is 0.326 e.